The minimum Gasteiger partial charge on any atom is -0.496 e. The second-order valence-corrected chi connectivity index (χ2v) is 9.08. The molecule has 2 heterocycles. The molecule has 0 saturated carbocycles. The van der Waals surface area contributed by atoms with Gasteiger partial charge in [0, 0.05) is 51.8 Å². The van der Waals surface area contributed by atoms with Gasteiger partial charge in [0.1, 0.15) is 12.0 Å². The van der Waals surface area contributed by atoms with Crippen molar-refractivity contribution < 1.29 is 31.9 Å². The molecule has 202 valence electrons. The van der Waals surface area contributed by atoms with Crippen molar-refractivity contribution in [3.63, 3.8) is 0 Å². The number of alkyl halides is 3. The number of hydrogen-bond acceptors (Lipinski definition) is 6. The number of ether oxygens (including phenoxy) is 1. The number of rotatable bonds is 8. The van der Waals surface area contributed by atoms with E-state index in [2.05, 4.69) is 4.98 Å². The molecule has 1 aliphatic rings. The van der Waals surface area contributed by atoms with Crippen LogP contribution in [0.3, 0.4) is 0 Å². The molecule has 11 heteroatoms. The van der Waals surface area contributed by atoms with Crippen molar-refractivity contribution >= 4 is 11.8 Å². The fourth-order valence-corrected chi connectivity index (χ4v) is 4.41. The summed E-state index contributed by atoms with van der Waals surface area (Å²) >= 11 is 0. The molecule has 1 saturated heterocycles. The molecule has 0 atom stereocenters. The molecule has 2 aromatic carbocycles. The van der Waals surface area contributed by atoms with Gasteiger partial charge in [0.25, 0.3) is 5.91 Å². The third-order valence-electron chi connectivity index (χ3n) is 6.39. The fraction of sp³-hybridized carbons (Fsp3) is 0.370. The Kier molecular flexibility index (Phi) is 8.35. The van der Waals surface area contributed by atoms with E-state index in [-0.39, 0.29) is 36.5 Å². The molecule has 1 fully saturated rings. The van der Waals surface area contributed by atoms with Crippen LogP contribution >= 0.6 is 0 Å². The lowest BCUT2D eigenvalue weighted by Crippen LogP contribution is -2.50. The Hall–Kier alpha value is -3.86. The number of amides is 2. The topological polar surface area (TPSA) is 79.1 Å². The Labute approximate surface area is 218 Å². The zero-order valence-corrected chi connectivity index (χ0v) is 21.2. The molecule has 38 heavy (non-hydrogen) atoms. The van der Waals surface area contributed by atoms with Crippen LogP contribution in [0.5, 0.6) is 5.75 Å². The van der Waals surface area contributed by atoms with Crippen molar-refractivity contribution in [2.24, 2.45) is 0 Å². The standard InChI is InChI=1S/C27H29F3N4O4/c1-19(35)33-10-12-34(13-11-33)26(36)23-18-38-25(31-23)17-32(16-21-7-3-4-9-24(21)37-2)15-20-6-5-8-22(14-20)27(28,29)30/h3-9,14,18H,10-13,15-17H2,1-2H3. The van der Waals surface area contributed by atoms with E-state index in [1.165, 1.54) is 19.3 Å². The van der Waals surface area contributed by atoms with Crippen molar-refractivity contribution in [2.75, 3.05) is 33.3 Å². The highest BCUT2D eigenvalue weighted by atomic mass is 19.4. The second kappa shape index (κ2) is 11.7. The van der Waals surface area contributed by atoms with Gasteiger partial charge in [0.05, 0.1) is 19.2 Å². The maximum absolute atomic E-state index is 13.3. The van der Waals surface area contributed by atoms with Gasteiger partial charge in [-0.3, -0.25) is 14.5 Å². The first-order valence-corrected chi connectivity index (χ1v) is 12.1. The van der Waals surface area contributed by atoms with Crippen molar-refractivity contribution in [2.45, 2.75) is 32.7 Å². The van der Waals surface area contributed by atoms with Crippen LogP contribution in [0.2, 0.25) is 0 Å². The Balaban J connectivity index is 1.51. The van der Waals surface area contributed by atoms with Gasteiger partial charge in [-0.05, 0) is 17.7 Å². The van der Waals surface area contributed by atoms with E-state index < -0.39 is 11.7 Å². The van der Waals surface area contributed by atoms with Crippen LogP contribution in [-0.2, 0) is 30.6 Å². The minimum atomic E-state index is -4.45. The predicted octanol–water partition coefficient (Wildman–Crippen LogP) is 4.21. The molecule has 0 unspecified atom stereocenters. The zero-order chi connectivity index (χ0) is 27.3. The van der Waals surface area contributed by atoms with Crippen LogP contribution in [0.25, 0.3) is 0 Å². The Morgan fingerprint density at radius 2 is 1.71 bits per heavy atom. The summed E-state index contributed by atoms with van der Waals surface area (Å²) in [7, 11) is 1.55. The highest BCUT2D eigenvalue weighted by Gasteiger charge is 2.30. The fourth-order valence-electron chi connectivity index (χ4n) is 4.41. The molecule has 1 aromatic heterocycles. The summed E-state index contributed by atoms with van der Waals surface area (Å²) in [6, 6.07) is 12.6. The lowest BCUT2D eigenvalue weighted by molar-refractivity contribution is -0.137. The molecule has 4 rings (SSSR count). The van der Waals surface area contributed by atoms with Gasteiger partial charge in [0.2, 0.25) is 11.8 Å². The number of piperazine rings is 1. The van der Waals surface area contributed by atoms with Crippen molar-refractivity contribution in [1.29, 1.82) is 0 Å². The van der Waals surface area contributed by atoms with Gasteiger partial charge in [-0.25, -0.2) is 4.98 Å². The molecule has 0 aliphatic carbocycles. The van der Waals surface area contributed by atoms with E-state index in [4.69, 9.17) is 9.15 Å². The van der Waals surface area contributed by atoms with Gasteiger partial charge in [0.15, 0.2) is 5.69 Å². The first-order valence-electron chi connectivity index (χ1n) is 12.1. The Morgan fingerprint density at radius 1 is 1.00 bits per heavy atom. The van der Waals surface area contributed by atoms with E-state index in [9.17, 15) is 22.8 Å². The predicted molar refractivity (Wildman–Crippen MR) is 132 cm³/mol. The number of para-hydroxylation sites is 1. The molecule has 3 aromatic rings. The minimum absolute atomic E-state index is 0.0308. The molecular formula is C27H29F3N4O4. The molecule has 0 bridgehead atoms. The number of oxazole rings is 1. The summed E-state index contributed by atoms with van der Waals surface area (Å²) in [5.41, 5.74) is 0.739. The van der Waals surface area contributed by atoms with Crippen LogP contribution < -0.4 is 4.74 Å². The first kappa shape index (κ1) is 27.2. The van der Waals surface area contributed by atoms with E-state index in [1.807, 2.05) is 29.2 Å². The largest absolute Gasteiger partial charge is 0.496 e. The SMILES string of the molecule is COc1ccccc1CN(Cc1cccc(C(F)(F)F)c1)Cc1nc(C(=O)N2CCN(C(C)=O)CC2)co1. The summed E-state index contributed by atoms with van der Waals surface area (Å²) in [6.07, 6.45) is -3.15. The zero-order valence-electron chi connectivity index (χ0n) is 21.2. The molecule has 0 radical (unpaired) electrons. The van der Waals surface area contributed by atoms with Gasteiger partial charge >= 0.3 is 6.18 Å². The van der Waals surface area contributed by atoms with E-state index in [1.54, 1.807) is 23.0 Å². The van der Waals surface area contributed by atoms with Crippen LogP contribution in [0.4, 0.5) is 13.2 Å². The monoisotopic (exact) mass is 530 g/mol. The first-order chi connectivity index (χ1) is 18.1. The summed E-state index contributed by atoms with van der Waals surface area (Å²) in [6.45, 7) is 3.88. The van der Waals surface area contributed by atoms with Crippen LogP contribution in [-0.4, -0.2) is 64.8 Å². The lowest BCUT2D eigenvalue weighted by atomic mass is 10.1. The smallest absolute Gasteiger partial charge is 0.416 e. The number of methoxy groups -OCH3 is 1. The Bertz CT molecular complexity index is 1270. The highest BCUT2D eigenvalue weighted by Crippen LogP contribution is 2.30. The van der Waals surface area contributed by atoms with Gasteiger partial charge in [-0.15, -0.1) is 0 Å². The molecule has 2 amide bonds. The number of hydrogen-bond donors (Lipinski definition) is 0. The maximum atomic E-state index is 13.3. The highest BCUT2D eigenvalue weighted by molar-refractivity contribution is 5.92. The summed E-state index contributed by atoms with van der Waals surface area (Å²) in [5.74, 6) is 0.584. The lowest BCUT2D eigenvalue weighted by Gasteiger charge is -2.33. The van der Waals surface area contributed by atoms with E-state index in [0.717, 1.165) is 17.7 Å². The number of carbonyl (C=O) groups excluding carboxylic acids is 2. The second-order valence-electron chi connectivity index (χ2n) is 9.08. The molecule has 0 N–H and O–H groups in total. The molecule has 8 nitrogen and oxygen atoms in total. The third kappa shape index (κ3) is 6.71. The summed E-state index contributed by atoms with van der Waals surface area (Å²) < 4.78 is 50.9. The van der Waals surface area contributed by atoms with E-state index in [0.29, 0.717) is 44.0 Å². The third-order valence-corrected chi connectivity index (χ3v) is 6.39. The summed E-state index contributed by atoms with van der Waals surface area (Å²) in [5, 5.41) is 0. The van der Waals surface area contributed by atoms with Crippen molar-refractivity contribution in [1.82, 2.24) is 19.7 Å². The molecule has 1 aliphatic heterocycles. The van der Waals surface area contributed by atoms with Gasteiger partial charge in [-0.1, -0.05) is 36.4 Å². The quantitative estimate of drug-likeness (QED) is 0.434. The number of benzene rings is 2. The Morgan fingerprint density at radius 3 is 2.39 bits per heavy atom. The molecular weight excluding hydrogens is 501 g/mol. The normalized spacial score (nSPS) is 14.2. The van der Waals surface area contributed by atoms with Crippen LogP contribution in [0.15, 0.2) is 59.2 Å². The maximum Gasteiger partial charge on any atom is 0.416 e. The average Bonchev–Trinajstić information content (AvgIpc) is 3.36. The van der Waals surface area contributed by atoms with Gasteiger partial charge in [-0.2, -0.15) is 13.2 Å². The average molecular weight is 531 g/mol. The van der Waals surface area contributed by atoms with Crippen LogP contribution in [0.1, 0.15) is 40.0 Å². The van der Waals surface area contributed by atoms with Gasteiger partial charge < -0.3 is 19.0 Å². The summed E-state index contributed by atoms with van der Waals surface area (Å²) in [4.78, 5) is 34.0. The molecule has 0 spiro atoms. The van der Waals surface area contributed by atoms with Crippen LogP contribution in [0, 0.1) is 0 Å². The number of nitrogens with zero attached hydrogens (tertiary/aromatic N) is 4. The number of carbonyl (C=O) groups is 2. The number of aromatic nitrogens is 1. The van der Waals surface area contributed by atoms with Crippen molar-refractivity contribution in [3.05, 3.63) is 83.1 Å². The van der Waals surface area contributed by atoms with E-state index >= 15 is 0 Å². The number of halogens is 3. The van der Waals surface area contributed by atoms with Crippen molar-refractivity contribution in [3.8, 4) is 5.75 Å².